The molecule has 0 amide bonds. The summed E-state index contributed by atoms with van der Waals surface area (Å²) in [6, 6.07) is 0. The third kappa shape index (κ3) is 14.9. The third-order valence-electron chi connectivity index (χ3n) is 2.48. The zero-order valence-corrected chi connectivity index (χ0v) is 11.1. The number of carbonyl (C=O) groups excluding carboxylic acids is 1. The average molecular weight is 234 g/mol. The van der Waals surface area contributed by atoms with E-state index in [1.54, 1.807) is 0 Å². The molecule has 0 aliphatic rings. The summed E-state index contributed by atoms with van der Waals surface area (Å²) >= 11 is 0. The molecule has 0 aliphatic heterocycles. The van der Waals surface area contributed by atoms with Gasteiger partial charge in [0.2, 0.25) is 0 Å². The minimum atomic E-state index is 0.722. The number of rotatable bonds is 11. The fraction of sp³-hybridized carbons (Fsp3) is 0.562. The molecule has 0 spiro atoms. The third-order valence-corrected chi connectivity index (χ3v) is 2.48. The molecule has 1 heteroatoms. The van der Waals surface area contributed by atoms with Gasteiger partial charge in [0.05, 0.1) is 0 Å². The summed E-state index contributed by atoms with van der Waals surface area (Å²) in [5.74, 6) is 0. The number of allylic oxidation sites excluding steroid dienone is 6. The van der Waals surface area contributed by atoms with Gasteiger partial charge in [-0.3, -0.25) is 0 Å². The summed E-state index contributed by atoms with van der Waals surface area (Å²) in [6.45, 7) is 2.14. The van der Waals surface area contributed by atoms with E-state index in [4.69, 9.17) is 0 Å². The van der Waals surface area contributed by atoms with Gasteiger partial charge in [0, 0.05) is 6.42 Å². The highest BCUT2D eigenvalue weighted by Crippen LogP contribution is 2.03. The van der Waals surface area contributed by atoms with E-state index < -0.39 is 0 Å². The molecule has 0 N–H and O–H groups in total. The first-order valence-electron chi connectivity index (χ1n) is 6.82. The zero-order chi connectivity index (χ0) is 12.6. The Kier molecular flexibility index (Phi) is 13.9. The summed E-state index contributed by atoms with van der Waals surface area (Å²) in [5.41, 5.74) is 0. The maximum absolute atomic E-state index is 10.1. The number of unbranched alkanes of at least 4 members (excludes halogenated alkanes) is 5. The van der Waals surface area contributed by atoms with Crippen molar-refractivity contribution in [3.8, 4) is 0 Å². The molecule has 0 bridgehead atoms. The monoisotopic (exact) mass is 234 g/mol. The maximum atomic E-state index is 10.1. The van der Waals surface area contributed by atoms with Crippen molar-refractivity contribution in [1.82, 2.24) is 0 Å². The zero-order valence-electron chi connectivity index (χ0n) is 11.1. The van der Waals surface area contributed by atoms with Crippen molar-refractivity contribution < 1.29 is 4.79 Å². The molecule has 0 aromatic carbocycles. The van der Waals surface area contributed by atoms with E-state index >= 15 is 0 Å². The van der Waals surface area contributed by atoms with Crippen LogP contribution < -0.4 is 0 Å². The van der Waals surface area contributed by atoms with Crippen LogP contribution in [0.1, 0.15) is 58.3 Å². The molecule has 0 atom stereocenters. The van der Waals surface area contributed by atoms with Crippen molar-refractivity contribution >= 4 is 6.29 Å². The van der Waals surface area contributed by atoms with Gasteiger partial charge >= 0.3 is 0 Å². The minimum Gasteiger partial charge on any atom is -0.303 e. The van der Waals surface area contributed by atoms with Crippen LogP contribution in [0.25, 0.3) is 0 Å². The topological polar surface area (TPSA) is 17.1 Å². The molecule has 0 saturated carbocycles. The first-order chi connectivity index (χ1) is 8.41. The lowest BCUT2D eigenvalue weighted by Gasteiger charge is -1.93. The van der Waals surface area contributed by atoms with Gasteiger partial charge in [-0.25, -0.2) is 0 Å². The number of hydrogen-bond acceptors (Lipinski definition) is 1. The molecular weight excluding hydrogens is 208 g/mol. The van der Waals surface area contributed by atoms with Crippen LogP contribution >= 0.6 is 0 Å². The summed E-state index contributed by atoms with van der Waals surface area (Å²) in [7, 11) is 0. The molecular formula is C16H26O. The molecule has 96 valence electrons. The van der Waals surface area contributed by atoms with Crippen molar-refractivity contribution in [2.75, 3.05) is 0 Å². The highest BCUT2D eigenvalue weighted by Gasteiger charge is 1.86. The van der Waals surface area contributed by atoms with Gasteiger partial charge in [-0.1, -0.05) is 49.8 Å². The molecule has 1 nitrogen and oxygen atoms in total. The standard InChI is InChI=1S/C16H26O/c1-2-3-4-5-6-7-8-9-10-11-12-13-14-15-16-17/h3-6,9-10,16H,2,7-8,11-15H2,1H3/b4-3-,6-5-,10-9+. The Morgan fingerprint density at radius 3 is 2.12 bits per heavy atom. The molecule has 0 unspecified atom stereocenters. The average Bonchev–Trinajstić information content (AvgIpc) is 2.35. The van der Waals surface area contributed by atoms with E-state index in [9.17, 15) is 4.79 Å². The Morgan fingerprint density at radius 2 is 1.35 bits per heavy atom. The van der Waals surface area contributed by atoms with E-state index in [0.717, 1.165) is 44.8 Å². The maximum Gasteiger partial charge on any atom is 0.119 e. The summed E-state index contributed by atoms with van der Waals surface area (Å²) < 4.78 is 0. The van der Waals surface area contributed by atoms with Crippen LogP contribution in [-0.4, -0.2) is 6.29 Å². The predicted molar refractivity (Wildman–Crippen MR) is 76.1 cm³/mol. The van der Waals surface area contributed by atoms with E-state index in [-0.39, 0.29) is 0 Å². The molecule has 0 saturated heterocycles. The van der Waals surface area contributed by atoms with Crippen molar-refractivity contribution in [3.63, 3.8) is 0 Å². The van der Waals surface area contributed by atoms with Crippen LogP contribution in [0.3, 0.4) is 0 Å². The highest BCUT2D eigenvalue weighted by atomic mass is 16.1. The normalized spacial score (nSPS) is 12.1. The highest BCUT2D eigenvalue weighted by molar-refractivity contribution is 5.48. The van der Waals surface area contributed by atoms with Crippen molar-refractivity contribution in [2.45, 2.75) is 58.3 Å². The second-order valence-corrected chi connectivity index (χ2v) is 4.12. The first-order valence-corrected chi connectivity index (χ1v) is 6.82. The molecule has 17 heavy (non-hydrogen) atoms. The number of hydrogen-bond donors (Lipinski definition) is 0. The lowest BCUT2D eigenvalue weighted by Crippen LogP contribution is -1.77. The van der Waals surface area contributed by atoms with Crippen LogP contribution in [0.15, 0.2) is 36.5 Å². The van der Waals surface area contributed by atoms with Crippen LogP contribution in [0, 0.1) is 0 Å². The Labute approximate surface area is 106 Å². The van der Waals surface area contributed by atoms with Gasteiger partial charge in [-0.15, -0.1) is 0 Å². The second kappa shape index (κ2) is 14.9. The Balaban J connectivity index is 3.22. The van der Waals surface area contributed by atoms with Crippen LogP contribution in [0.2, 0.25) is 0 Å². The van der Waals surface area contributed by atoms with Gasteiger partial charge in [0.25, 0.3) is 0 Å². The van der Waals surface area contributed by atoms with Gasteiger partial charge in [-0.2, -0.15) is 0 Å². The summed E-state index contributed by atoms with van der Waals surface area (Å²) in [4.78, 5) is 10.1. The van der Waals surface area contributed by atoms with E-state index in [1.165, 1.54) is 12.8 Å². The van der Waals surface area contributed by atoms with Crippen LogP contribution in [0.5, 0.6) is 0 Å². The molecule has 0 radical (unpaired) electrons. The first kappa shape index (κ1) is 15.9. The molecule has 0 fully saturated rings. The number of carbonyl (C=O) groups is 1. The lowest BCUT2D eigenvalue weighted by atomic mass is 10.1. The van der Waals surface area contributed by atoms with Gasteiger partial charge in [0.1, 0.15) is 6.29 Å². The van der Waals surface area contributed by atoms with Gasteiger partial charge in [0.15, 0.2) is 0 Å². The van der Waals surface area contributed by atoms with E-state index in [2.05, 4.69) is 43.4 Å². The van der Waals surface area contributed by atoms with Crippen LogP contribution in [-0.2, 0) is 4.79 Å². The Bertz CT molecular complexity index is 236. The molecule has 0 aromatic rings. The fourth-order valence-corrected chi connectivity index (χ4v) is 1.48. The van der Waals surface area contributed by atoms with Crippen molar-refractivity contribution in [1.29, 1.82) is 0 Å². The van der Waals surface area contributed by atoms with Crippen molar-refractivity contribution in [2.24, 2.45) is 0 Å². The molecule has 0 heterocycles. The quantitative estimate of drug-likeness (QED) is 0.213. The van der Waals surface area contributed by atoms with Crippen molar-refractivity contribution in [3.05, 3.63) is 36.5 Å². The lowest BCUT2D eigenvalue weighted by molar-refractivity contribution is -0.107. The number of aldehydes is 1. The molecule has 0 aliphatic carbocycles. The van der Waals surface area contributed by atoms with E-state index in [1.807, 2.05) is 0 Å². The van der Waals surface area contributed by atoms with Gasteiger partial charge in [-0.05, 0) is 38.5 Å². The van der Waals surface area contributed by atoms with Gasteiger partial charge < -0.3 is 4.79 Å². The molecule has 0 aromatic heterocycles. The van der Waals surface area contributed by atoms with E-state index in [0.29, 0.717) is 0 Å². The summed E-state index contributed by atoms with van der Waals surface area (Å²) in [6.07, 6.45) is 22.8. The largest absolute Gasteiger partial charge is 0.303 e. The second-order valence-electron chi connectivity index (χ2n) is 4.12. The smallest absolute Gasteiger partial charge is 0.119 e. The SMILES string of the molecule is CC/C=C\C=C/CC/C=C/CCCCCC=O. The molecule has 0 rings (SSSR count). The summed E-state index contributed by atoms with van der Waals surface area (Å²) in [5, 5.41) is 0. The fourth-order valence-electron chi connectivity index (χ4n) is 1.48. The predicted octanol–water partition coefficient (Wildman–Crippen LogP) is 4.99. The minimum absolute atomic E-state index is 0.722. The van der Waals surface area contributed by atoms with Crippen LogP contribution in [0.4, 0.5) is 0 Å². The Morgan fingerprint density at radius 1 is 0.706 bits per heavy atom. The Hall–Kier alpha value is -1.11.